The number of ether oxygens (including phenoxy) is 1. The van der Waals surface area contributed by atoms with Gasteiger partial charge < -0.3 is 15.4 Å². The van der Waals surface area contributed by atoms with E-state index >= 15 is 4.39 Å². The van der Waals surface area contributed by atoms with Gasteiger partial charge in [0.25, 0.3) is 0 Å². The number of piperidine rings is 1. The van der Waals surface area contributed by atoms with E-state index in [1.807, 2.05) is 54.6 Å². The topological polar surface area (TPSA) is 135 Å². The molecule has 2 aromatic heterocycles. The molecule has 5 aliphatic rings. The minimum absolute atomic E-state index is 0.174. The van der Waals surface area contributed by atoms with Gasteiger partial charge in [0.15, 0.2) is 5.65 Å². The number of likely N-dealkylation sites (tertiary alicyclic amines) is 1. The molecule has 10 rings (SSSR count). The van der Waals surface area contributed by atoms with E-state index in [4.69, 9.17) is 15.6 Å². The Morgan fingerprint density at radius 2 is 1.62 bits per heavy atom. The smallest absolute Gasteiger partial charge is 0.243 e. The average molecular weight is 756 g/mol. The molecule has 3 aromatic carbocycles. The number of amides is 2. The maximum atomic E-state index is 16.4. The molecule has 1 saturated carbocycles. The van der Waals surface area contributed by atoms with Crippen molar-refractivity contribution in [2.24, 2.45) is 5.92 Å². The first kappa shape index (κ1) is 35.0. The molecule has 4 fully saturated rings. The lowest BCUT2D eigenvalue weighted by molar-refractivity contribution is -0.137. The van der Waals surface area contributed by atoms with Crippen LogP contribution in [0.1, 0.15) is 62.1 Å². The summed E-state index contributed by atoms with van der Waals surface area (Å²) in [6, 6.07) is 24.3. The molecule has 0 radical (unpaired) electrons. The zero-order chi connectivity index (χ0) is 37.9. The fraction of sp³-hybridized carbons (Fsp3) is 0.419. The number of nitrogens with one attached hydrogen (secondary N) is 1. The number of anilines is 2. The average Bonchev–Trinajstić information content (AvgIpc) is 3.87. The van der Waals surface area contributed by atoms with Gasteiger partial charge in [0.2, 0.25) is 11.8 Å². The highest BCUT2D eigenvalue weighted by Crippen LogP contribution is 2.42. The predicted octanol–water partition coefficient (Wildman–Crippen LogP) is 6.02. The van der Waals surface area contributed by atoms with Crippen LogP contribution in [0.15, 0.2) is 79.1 Å². The van der Waals surface area contributed by atoms with Gasteiger partial charge in [-0.05, 0) is 104 Å². The number of fused-ring (bicyclic) bond motifs is 4. The molecule has 3 saturated heterocycles. The maximum absolute atomic E-state index is 16.4. The minimum atomic E-state index is -1.06. The molecule has 2 amide bonds. The van der Waals surface area contributed by atoms with E-state index in [0.29, 0.717) is 66.1 Å². The van der Waals surface area contributed by atoms with Crippen LogP contribution in [0.5, 0.6) is 11.5 Å². The number of para-hydroxylation sites is 1. The molecule has 6 atom stereocenters. The number of hydrogen-bond acceptors (Lipinski definition) is 10. The first-order valence-corrected chi connectivity index (χ1v) is 20.0. The Balaban J connectivity index is 0.788. The van der Waals surface area contributed by atoms with Gasteiger partial charge in [0, 0.05) is 62.5 Å². The van der Waals surface area contributed by atoms with E-state index < -0.39 is 12.2 Å². The number of nitrogens with two attached hydrogens (primary N) is 1. The van der Waals surface area contributed by atoms with E-state index in [9.17, 15) is 9.59 Å². The second-order valence-electron chi connectivity index (χ2n) is 16.3. The standard InChI is InChI=1S/C43H46FN9O3/c44-35-18-26(6-15-36(35)53-42-39(41(45)46-25-47-42)40(49-53)27-8-13-34(14-9-27)56-33-4-2-1-3-5-33)20-50-23-31-11-12-32(24-50)52(31)30-10-7-28-21-51(22-29(28)19-30)37-16-17-38(54)48-43(37)55/h1-5,7-10,13-14,19,25-26,31-32,35-37H,6,11-12,15-18,20-24H2,(H2,45,46,47)(H,48,54,55). The number of piperazine rings is 1. The van der Waals surface area contributed by atoms with Crippen molar-refractivity contribution in [1.29, 1.82) is 0 Å². The largest absolute Gasteiger partial charge is 0.457 e. The summed E-state index contributed by atoms with van der Waals surface area (Å²) in [4.78, 5) is 40.5. The second-order valence-corrected chi connectivity index (χ2v) is 16.3. The van der Waals surface area contributed by atoms with Crippen molar-refractivity contribution in [3.63, 3.8) is 0 Å². The highest BCUT2D eigenvalue weighted by atomic mass is 19.1. The summed E-state index contributed by atoms with van der Waals surface area (Å²) in [5, 5.41) is 8.13. The fourth-order valence-corrected chi connectivity index (χ4v) is 10.1. The van der Waals surface area contributed by atoms with Crippen LogP contribution in [-0.4, -0.2) is 85.3 Å². The van der Waals surface area contributed by atoms with Gasteiger partial charge in [-0.1, -0.05) is 24.3 Å². The Morgan fingerprint density at radius 1 is 0.857 bits per heavy atom. The van der Waals surface area contributed by atoms with Crippen LogP contribution in [0, 0.1) is 5.92 Å². The number of aromatic nitrogens is 4. The number of rotatable bonds is 8. The molecule has 4 aliphatic heterocycles. The molecule has 5 aromatic rings. The van der Waals surface area contributed by atoms with Crippen LogP contribution in [0.4, 0.5) is 15.9 Å². The number of carbonyl (C=O) groups is 2. The number of nitrogens with zero attached hydrogens (tertiary/aromatic N) is 7. The zero-order valence-electron chi connectivity index (χ0n) is 31.3. The molecule has 6 heterocycles. The fourth-order valence-electron chi connectivity index (χ4n) is 10.1. The lowest BCUT2D eigenvalue weighted by Crippen LogP contribution is -2.55. The summed E-state index contributed by atoms with van der Waals surface area (Å²) < 4.78 is 24.1. The van der Waals surface area contributed by atoms with Gasteiger partial charge in [0.05, 0.1) is 17.5 Å². The number of carbonyl (C=O) groups excluding carboxylic acids is 2. The van der Waals surface area contributed by atoms with Crippen molar-refractivity contribution in [2.75, 3.05) is 30.3 Å². The minimum Gasteiger partial charge on any atom is -0.457 e. The first-order valence-electron chi connectivity index (χ1n) is 20.0. The third-order valence-corrected chi connectivity index (χ3v) is 12.7. The van der Waals surface area contributed by atoms with Crippen LogP contribution in [0.2, 0.25) is 0 Å². The summed E-state index contributed by atoms with van der Waals surface area (Å²) in [5.74, 6) is 1.70. The summed E-state index contributed by atoms with van der Waals surface area (Å²) in [6.45, 7) is 4.32. The van der Waals surface area contributed by atoms with E-state index in [1.54, 1.807) is 4.68 Å². The van der Waals surface area contributed by atoms with Gasteiger partial charge >= 0.3 is 0 Å². The van der Waals surface area contributed by atoms with Crippen molar-refractivity contribution in [2.45, 2.75) is 88.4 Å². The molecular weight excluding hydrogens is 710 g/mol. The first-order chi connectivity index (χ1) is 27.3. The van der Waals surface area contributed by atoms with Crippen molar-refractivity contribution in [3.8, 4) is 22.8 Å². The molecule has 2 bridgehead atoms. The van der Waals surface area contributed by atoms with Crippen molar-refractivity contribution in [3.05, 3.63) is 90.3 Å². The Labute approximate surface area is 324 Å². The van der Waals surface area contributed by atoms with Gasteiger partial charge in [-0.3, -0.25) is 24.7 Å². The summed E-state index contributed by atoms with van der Waals surface area (Å²) in [7, 11) is 0. The lowest BCUT2D eigenvalue weighted by atomic mass is 9.84. The molecule has 12 nitrogen and oxygen atoms in total. The molecule has 6 unspecified atom stereocenters. The molecule has 288 valence electrons. The number of alkyl halides is 1. The van der Waals surface area contributed by atoms with Gasteiger partial charge in [-0.25, -0.2) is 19.0 Å². The third kappa shape index (κ3) is 6.46. The maximum Gasteiger partial charge on any atom is 0.243 e. The van der Waals surface area contributed by atoms with Crippen molar-refractivity contribution in [1.82, 2.24) is 34.9 Å². The number of halogens is 1. The number of nitrogen functional groups attached to an aromatic ring is 1. The monoisotopic (exact) mass is 755 g/mol. The normalized spacial score (nSPS) is 26.8. The quantitative estimate of drug-likeness (QED) is 0.181. The van der Waals surface area contributed by atoms with Crippen molar-refractivity contribution < 1.29 is 18.7 Å². The Hall–Kier alpha value is -5.40. The number of hydrogen-bond donors (Lipinski definition) is 2. The molecule has 1 aliphatic carbocycles. The van der Waals surface area contributed by atoms with Crippen LogP contribution >= 0.6 is 0 Å². The van der Waals surface area contributed by atoms with E-state index in [-0.39, 0.29) is 23.8 Å². The second kappa shape index (κ2) is 14.3. The summed E-state index contributed by atoms with van der Waals surface area (Å²) in [5.41, 5.74) is 12.3. The van der Waals surface area contributed by atoms with Crippen LogP contribution < -0.4 is 20.7 Å². The third-order valence-electron chi connectivity index (χ3n) is 12.7. The number of benzene rings is 3. The van der Waals surface area contributed by atoms with E-state index in [0.717, 1.165) is 63.3 Å². The molecular formula is C43H46FN9O3. The molecule has 56 heavy (non-hydrogen) atoms. The van der Waals surface area contributed by atoms with Crippen molar-refractivity contribution >= 4 is 34.4 Å². The summed E-state index contributed by atoms with van der Waals surface area (Å²) >= 11 is 0. The van der Waals surface area contributed by atoms with Gasteiger partial charge in [-0.15, -0.1) is 0 Å². The lowest BCUT2D eigenvalue weighted by Gasteiger charge is -2.44. The van der Waals surface area contributed by atoms with Crippen LogP contribution in [0.3, 0.4) is 0 Å². The zero-order valence-corrected chi connectivity index (χ0v) is 31.3. The van der Waals surface area contributed by atoms with Gasteiger partial charge in [0.1, 0.15) is 35.5 Å². The van der Waals surface area contributed by atoms with Gasteiger partial charge in [-0.2, -0.15) is 5.10 Å². The number of imide groups is 1. The molecule has 3 N–H and O–H groups in total. The van der Waals surface area contributed by atoms with Crippen LogP contribution in [0.25, 0.3) is 22.3 Å². The van der Waals surface area contributed by atoms with Crippen LogP contribution in [-0.2, 0) is 22.7 Å². The molecule has 0 spiro atoms. The Bertz CT molecular complexity index is 2270. The highest BCUT2D eigenvalue weighted by molar-refractivity contribution is 6.00. The van der Waals surface area contributed by atoms with E-state index in [2.05, 4.69) is 48.2 Å². The SMILES string of the molecule is Nc1ncnc2c1c(-c1ccc(Oc3ccccc3)cc1)nn2C1CCC(CN2CC3CCC(C2)N3c2ccc3c(c2)CN(C2CCC(=O)NC2=O)C3)CC1F. The highest BCUT2D eigenvalue weighted by Gasteiger charge is 2.43. The Morgan fingerprint density at radius 3 is 2.39 bits per heavy atom. The van der Waals surface area contributed by atoms with E-state index in [1.165, 1.54) is 23.1 Å². The molecule has 13 heteroatoms. The summed E-state index contributed by atoms with van der Waals surface area (Å²) in [6.07, 6.45) is 5.72. The predicted molar refractivity (Wildman–Crippen MR) is 211 cm³/mol. The Kier molecular flexibility index (Phi) is 8.93.